The molecule has 31 heavy (non-hydrogen) atoms. The van der Waals surface area contributed by atoms with Crippen molar-refractivity contribution in [2.24, 2.45) is 5.92 Å². The molecule has 0 N–H and O–H groups in total. The number of piperidine rings is 1. The Labute approximate surface area is 183 Å². The Morgan fingerprint density at radius 2 is 1.94 bits per heavy atom. The van der Waals surface area contributed by atoms with E-state index in [-0.39, 0.29) is 29.5 Å². The summed E-state index contributed by atoms with van der Waals surface area (Å²) in [6.45, 7) is 1.11. The molecule has 2 aromatic rings. The monoisotopic (exact) mass is 420 g/mol. The molecule has 2 bridgehead atoms. The molecule has 2 aliphatic carbocycles. The molecule has 1 spiro atoms. The van der Waals surface area contributed by atoms with E-state index in [2.05, 4.69) is 26.2 Å². The van der Waals surface area contributed by atoms with Gasteiger partial charge in [-0.1, -0.05) is 24.3 Å². The van der Waals surface area contributed by atoms with Crippen LogP contribution in [0.3, 0.4) is 0 Å². The summed E-state index contributed by atoms with van der Waals surface area (Å²) in [6, 6.07) is 14.1. The Morgan fingerprint density at radius 3 is 2.71 bits per heavy atom. The van der Waals surface area contributed by atoms with Crippen molar-refractivity contribution in [3.63, 3.8) is 0 Å². The summed E-state index contributed by atoms with van der Waals surface area (Å²) in [5.74, 6) is 1.82. The van der Waals surface area contributed by atoms with Gasteiger partial charge in [-0.25, -0.2) is 4.79 Å². The molecule has 5 heteroatoms. The second-order valence-electron chi connectivity index (χ2n) is 10.2. The van der Waals surface area contributed by atoms with Crippen LogP contribution in [-0.4, -0.2) is 56.5 Å². The third kappa shape index (κ3) is 2.50. The summed E-state index contributed by atoms with van der Waals surface area (Å²) < 4.78 is 19.6. The van der Waals surface area contributed by atoms with Gasteiger partial charge in [0.1, 0.15) is 18.2 Å². The fourth-order valence-electron chi connectivity index (χ4n) is 7.12. The van der Waals surface area contributed by atoms with Gasteiger partial charge in [0, 0.05) is 18.4 Å². The first-order valence-corrected chi connectivity index (χ1v) is 11.4. The first kappa shape index (κ1) is 19.2. The lowest BCUT2D eigenvalue weighted by molar-refractivity contribution is -0.927. The smallest absolute Gasteiger partial charge is 0.338 e. The van der Waals surface area contributed by atoms with Crippen LogP contribution in [0.15, 0.2) is 42.5 Å². The predicted octanol–water partition coefficient (Wildman–Crippen LogP) is 3.73. The zero-order valence-electron chi connectivity index (χ0n) is 18.5. The predicted molar refractivity (Wildman–Crippen MR) is 117 cm³/mol. The van der Waals surface area contributed by atoms with Crippen molar-refractivity contribution in [2.45, 2.75) is 49.3 Å². The number of hydrogen-bond acceptors (Lipinski definition) is 4. The Bertz CT molecular complexity index is 1050. The summed E-state index contributed by atoms with van der Waals surface area (Å²) >= 11 is 0. The summed E-state index contributed by atoms with van der Waals surface area (Å²) in [5, 5.41) is 0. The number of methoxy groups -OCH3 is 1. The highest BCUT2D eigenvalue weighted by Gasteiger charge is 2.69. The average molecular weight is 421 g/mol. The number of likely N-dealkylation sites (N-methyl/N-ethyl adjacent to an activating group) is 1. The first-order valence-electron chi connectivity index (χ1n) is 11.4. The zero-order chi connectivity index (χ0) is 21.4. The third-order valence-electron chi connectivity index (χ3n) is 8.55. The molecule has 5 nitrogen and oxygen atoms in total. The Balaban J connectivity index is 1.47. The van der Waals surface area contributed by atoms with Crippen LogP contribution in [0.1, 0.15) is 40.7 Å². The fraction of sp³-hybridized carbons (Fsp3) is 0.500. The van der Waals surface area contributed by atoms with E-state index in [0.29, 0.717) is 11.6 Å². The van der Waals surface area contributed by atoms with E-state index in [1.165, 1.54) is 11.1 Å². The standard InChI is InChI=1S/C26H30NO4/c1-27(2)14-13-26-21-12-11-19(30-25(28)16-7-5-4-6-8-16)23(26)18(27)15-17-9-10-20(29-3)24(31-21)22(17)26/h4-10,18-19,21,23H,11-15H2,1-3H3/q+1/t18-,19+,21+,23-,26-/m1/s1. The lowest BCUT2D eigenvalue weighted by Crippen LogP contribution is -2.72. The quantitative estimate of drug-likeness (QED) is 0.561. The maximum absolute atomic E-state index is 13.0. The summed E-state index contributed by atoms with van der Waals surface area (Å²) in [5.41, 5.74) is 3.27. The number of esters is 1. The molecular formula is C26H30NO4+. The topological polar surface area (TPSA) is 44.8 Å². The molecule has 1 saturated heterocycles. The van der Waals surface area contributed by atoms with Gasteiger partial charge in [-0.2, -0.15) is 0 Å². The molecule has 0 unspecified atom stereocenters. The average Bonchev–Trinajstić information content (AvgIpc) is 3.12. The van der Waals surface area contributed by atoms with E-state index in [9.17, 15) is 4.79 Å². The Morgan fingerprint density at radius 1 is 1.13 bits per heavy atom. The van der Waals surface area contributed by atoms with Crippen molar-refractivity contribution in [3.8, 4) is 11.5 Å². The minimum Gasteiger partial charge on any atom is -0.493 e. The SMILES string of the molecule is COc1ccc2c3c1O[C@H]1CC[C@H](OC(=O)c4ccccc4)[C@H]4[C@@H](C2)[N+](C)(C)CC[C@@]341. The highest BCUT2D eigenvalue weighted by atomic mass is 16.5. The maximum atomic E-state index is 13.0. The van der Waals surface area contributed by atoms with E-state index in [0.717, 1.165) is 48.2 Å². The van der Waals surface area contributed by atoms with E-state index >= 15 is 0 Å². The van der Waals surface area contributed by atoms with Crippen LogP contribution in [0.5, 0.6) is 11.5 Å². The second-order valence-corrected chi connectivity index (χ2v) is 10.2. The lowest BCUT2D eigenvalue weighted by Gasteiger charge is -2.61. The number of quaternary nitrogens is 1. The zero-order valence-corrected chi connectivity index (χ0v) is 18.5. The largest absolute Gasteiger partial charge is 0.493 e. The van der Waals surface area contributed by atoms with Crippen molar-refractivity contribution < 1.29 is 23.5 Å². The minimum absolute atomic E-state index is 0.0875. The van der Waals surface area contributed by atoms with Gasteiger partial charge in [-0.05, 0) is 36.6 Å². The van der Waals surface area contributed by atoms with Gasteiger partial charge in [-0.3, -0.25) is 0 Å². The van der Waals surface area contributed by atoms with Crippen LogP contribution in [0.2, 0.25) is 0 Å². The Kier molecular flexibility index (Phi) is 4.01. The molecule has 0 amide bonds. The lowest BCUT2D eigenvalue weighted by atomic mass is 9.50. The van der Waals surface area contributed by atoms with E-state index in [4.69, 9.17) is 14.2 Å². The molecule has 2 aliphatic heterocycles. The molecule has 1 saturated carbocycles. The van der Waals surface area contributed by atoms with Crippen LogP contribution in [0.25, 0.3) is 0 Å². The molecular weight excluding hydrogens is 390 g/mol. The van der Waals surface area contributed by atoms with Gasteiger partial charge in [0.05, 0.1) is 44.6 Å². The van der Waals surface area contributed by atoms with Crippen molar-refractivity contribution in [2.75, 3.05) is 27.7 Å². The molecule has 6 rings (SSSR count). The molecule has 2 fully saturated rings. The van der Waals surface area contributed by atoms with Crippen LogP contribution in [-0.2, 0) is 16.6 Å². The van der Waals surface area contributed by atoms with E-state index in [1.54, 1.807) is 7.11 Å². The summed E-state index contributed by atoms with van der Waals surface area (Å²) in [6.07, 6.45) is 3.83. The van der Waals surface area contributed by atoms with Crippen LogP contribution in [0.4, 0.5) is 0 Å². The van der Waals surface area contributed by atoms with Crippen LogP contribution < -0.4 is 9.47 Å². The maximum Gasteiger partial charge on any atom is 0.338 e. The molecule has 2 heterocycles. The summed E-state index contributed by atoms with van der Waals surface area (Å²) in [7, 11) is 6.39. The molecule has 2 aromatic carbocycles. The van der Waals surface area contributed by atoms with Gasteiger partial charge in [0.25, 0.3) is 0 Å². The number of carbonyl (C=O) groups is 1. The van der Waals surface area contributed by atoms with Gasteiger partial charge >= 0.3 is 5.97 Å². The van der Waals surface area contributed by atoms with Gasteiger partial charge in [-0.15, -0.1) is 0 Å². The number of benzene rings is 2. The molecule has 4 aliphatic rings. The first-order chi connectivity index (χ1) is 15.0. The number of nitrogens with zero attached hydrogens (tertiary/aromatic N) is 1. The van der Waals surface area contributed by atoms with Crippen LogP contribution >= 0.6 is 0 Å². The number of likely N-dealkylation sites (tertiary alicyclic amines) is 1. The third-order valence-corrected chi connectivity index (χ3v) is 8.55. The van der Waals surface area contributed by atoms with Crippen LogP contribution in [0, 0.1) is 5.92 Å². The van der Waals surface area contributed by atoms with Crippen molar-refractivity contribution in [3.05, 3.63) is 59.2 Å². The van der Waals surface area contributed by atoms with Gasteiger partial charge in [0.15, 0.2) is 11.5 Å². The fourth-order valence-corrected chi connectivity index (χ4v) is 7.12. The van der Waals surface area contributed by atoms with E-state index in [1.807, 2.05) is 30.3 Å². The minimum atomic E-state index is -0.209. The number of rotatable bonds is 3. The highest BCUT2D eigenvalue weighted by Crippen LogP contribution is 2.64. The molecule has 0 radical (unpaired) electrons. The molecule has 0 aromatic heterocycles. The van der Waals surface area contributed by atoms with Crippen molar-refractivity contribution >= 4 is 5.97 Å². The normalized spacial score (nSPS) is 33.8. The number of ether oxygens (including phenoxy) is 3. The molecule has 5 atom stereocenters. The van der Waals surface area contributed by atoms with Crippen molar-refractivity contribution in [1.82, 2.24) is 0 Å². The van der Waals surface area contributed by atoms with E-state index < -0.39 is 0 Å². The number of hydrogen-bond donors (Lipinski definition) is 0. The van der Waals surface area contributed by atoms with Gasteiger partial charge < -0.3 is 18.7 Å². The Hall–Kier alpha value is -2.53. The second kappa shape index (κ2) is 6.49. The summed E-state index contributed by atoms with van der Waals surface area (Å²) in [4.78, 5) is 13.0. The van der Waals surface area contributed by atoms with Gasteiger partial charge in [0.2, 0.25) is 0 Å². The molecule has 162 valence electrons. The number of carbonyl (C=O) groups excluding carboxylic acids is 1. The van der Waals surface area contributed by atoms with Crippen molar-refractivity contribution in [1.29, 1.82) is 0 Å². The highest BCUT2D eigenvalue weighted by molar-refractivity contribution is 5.89.